The van der Waals surface area contributed by atoms with E-state index in [9.17, 15) is 15.0 Å². The van der Waals surface area contributed by atoms with Gasteiger partial charge in [0.05, 0.1) is 27.4 Å². The Morgan fingerprint density at radius 2 is 1.89 bits per heavy atom. The summed E-state index contributed by atoms with van der Waals surface area (Å²) in [6, 6.07) is 7.11. The van der Waals surface area contributed by atoms with Crippen molar-refractivity contribution in [3.63, 3.8) is 0 Å². The highest BCUT2D eigenvalue weighted by Crippen LogP contribution is 2.44. The van der Waals surface area contributed by atoms with Crippen molar-refractivity contribution in [2.24, 2.45) is 10.2 Å². The predicted molar refractivity (Wildman–Crippen MR) is 144 cm³/mol. The van der Waals surface area contributed by atoms with Gasteiger partial charge in [0.1, 0.15) is 16.9 Å². The SMILES string of the molecule is CC(C)(C)OC(=O)N1CCN(Cc2c(O)c(Cl)cc3c(O)c(C=C4N=Nc5ccc(Br)cc54)oc23)CC1. The number of aromatic hydroxyl groups is 2. The van der Waals surface area contributed by atoms with Crippen molar-refractivity contribution in [3.05, 3.63) is 50.6 Å². The molecular weight excluding hydrogens is 564 g/mol. The molecule has 0 spiro atoms. The lowest BCUT2D eigenvalue weighted by Crippen LogP contribution is -2.49. The van der Waals surface area contributed by atoms with E-state index in [-0.39, 0.29) is 28.4 Å². The summed E-state index contributed by atoms with van der Waals surface area (Å²) < 4.78 is 12.4. The minimum absolute atomic E-state index is 0.0981. The minimum atomic E-state index is -0.556. The number of ether oxygens (including phenoxy) is 1. The zero-order valence-electron chi connectivity index (χ0n) is 20.6. The number of carbonyl (C=O) groups excluding carboxylic acids is 1. The molecule has 9 nitrogen and oxygen atoms in total. The van der Waals surface area contributed by atoms with E-state index >= 15 is 0 Å². The Balaban J connectivity index is 1.41. The van der Waals surface area contributed by atoms with Crippen LogP contribution < -0.4 is 0 Å². The molecule has 0 unspecified atom stereocenters. The summed E-state index contributed by atoms with van der Waals surface area (Å²) in [4.78, 5) is 16.1. The molecule has 37 heavy (non-hydrogen) atoms. The van der Waals surface area contributed by atoms with Crippen molar-refractivity contribution in [2.45, 2.75) is 32.9 Å². The Bertz CT molecular complexity index is 1450. The summed E-state index contributed by atoms with van der Waals surface area (Å²) in [6.45, 7) is 7.95. The number of hydrogen-bond donors (Lipinski definition) is 2. The molecule has 0 saturated carbocycles. The topological polar surface area (TPSA) is 111 Å². The van der Waals surface area contributed by atoms with E-state index in [2.05, 4.69) is 31.1 Å². The molecule has 1 aromatic heterocycles. The molecule has 1 fully saturated rings. The highest BCUT2D eigenvalue weighted by atomic mass is 79.9. The second kappa shape index (κ2) is 9.66. The number of carbonyl (C=O) groups is 1. The third kappa shape index (κ3) is 5.18. The van der Waals surface area contributed by atoms with Gasteiger partial charge in [-0.25, -0.2) is 4.79 Å². The van der Waals surface area contributed by atoms with Crippen molar-refractivity contribution in [1.29, 1.82) is 0 Å². The van der Waals surface area contributed by atoms with Crippen molar-refractivity contribution in [3.8, 4) is 11.5 Å². The molecule has 0 bridgehead atoms. The zero-order valence-corrected chi connectivity index (χ0v) is 22.9. The molecule has 1 saturated heterocycles. The Morgan fingerprint density at radius 3 is 2.59 bits per heavy atom. The Morgan fingerprint density at radius 1 is 1.16 bits per heavy atom. The monoisotopic (exact) mass is 588 g/mol. The lowest BCUT2D eigenvalue weighted by atomic mass is 10.1. The third-order valence-electron chi connectivity index (χ3n) is 6.18. The first-order valence-corrected chi connectivity index (χ1v) is 13.0. The minimum Gasteiger partial charge on any atom is -0.506 e. The number of phenols is 1. The van der Waals surface area contributed by atoms with Crippen LogP contribution in [0.15, 0.2) is 43.4 Å². The van der Waals surface area contributed by atoms with Gasteiger partial charge in [-0.15, -0.1) is 10.2 Å². The van der Waals surface area contributed by atoms with Crippen LogP contribution in [-0.2, 0) is 11.3 Å². The van der Waals surface area contributed by atoms with Gasteiger partial charge in [0, 0.05) is 48.8 Å². The molecule has 2 aromatic carbocycles. The summed E-state index contributed by atoms with van der Waals surface area (Å²) in [7, 11) is 0. The number of piperazine rings is 1. The molecule has 3 aromatic rings. The number of azo groups is 1. The molecule has 0 atom stereocenters. The standard InChI is InChI=1S/C26H26BrClN4O5/c1-26(2,3)37-25(35)32-8-6-31(7-9-32)13-17-22(33)18(28)11-16-23(34)21(36-24(16)17)12-20-15-10-14(27)4-5-19(15)29-30-20/h4-5,10-12,33-34H,6-9,13H2,1-3H3. The Labute approximate surface area is 227 Å². The van der Waals surface area contributed by atoms with Gasteiger partial charge in [-0.3, -0.25) is 4.90 Å². The molecule has 0 aliphatic carbocycles. The lowest BCUT2D eigenvalue weighted by molar-refractivity contribution is 0.0138. The van der Waals surface area contributed by atoms with E-state index in [4.69, 9.17) is 20.8 Å². The second-order valence-corrected chi connectivity index (χ2v) is 11.3. The fourth-order valence-corrected chi connectivity index (χ4v) is 4.92. The maximum atomic E-state index is 12.4. The number of phenolic OH excluding ortho intramolecular Hbond substituents is 1. The number of rotatable bonds is 3. The highest BCUT2D eigenvalue weighted by molar-refractivity contribution is 9.10. The van der Waals surface area contributed by atoms with Crippen LogP contribution in [0.4, 0.5) is 10.5 Å². The second-order valence-electron chi connectivity index (χ2n) is 10.0. The highest BCUT2D eigenvalue weighted by Gasteiger charge is 2.28. The number of halogens is 2. The first kappa shape index (κ1) is 25.6. The van der Waals surface area contributed by atoms with Crippen molar-refractivity contribution in [2.75, 3.05) is 26.2 Å². The number of benzene rings is 2. The van der Waals surface area contributed by atoms with Crippen LogP contribution in [0.25, 0.3) is 22.7 Å². The van der Waals surface area contributed by atoms with Gasteiger partial charge in [0.25, 0.3) is 0 Å². The summed E-state index contributed by atoms with van der Waals surface area (Å²) in [5, 5.41) is 30.6. The van der Waals surface area contributed by atoms with Gasteiger partial charge < -0.3 is 24.3 Å². The van der Waals surface area contributed by atoms with Crippen LogP contribution in [0.3, 0.4) is 0 Å². The fourth-order valence-electron chi connectivity index (χ4n) is 4.33. The van der Waals surface area contributed by atoms with Gasteiger partial charge in [0.2, 0.25) is 0 Å². The van der Waals surface area contributed by atoms with E-state index in [1.165, 1.54) is 6.07 Å². The predicted octanol–water partition coefficient (Wildman–Crippen LogP) is 6.91. The first-order chi connectivity index (χ1) is 17.5. The van der Waals surface area contributed by atoms with Crippen LogP contribution in [0.1, 0.15) is 37.7 Å². The van der Waals surface area contributed by atoms with Crippen LogP contribution in [0.5, 0.6) is 11.5 Å². The molecule has 2 N–H and O–H groups in total. The van der Waals surface area contributed by atoms with Crippen molar-refractivity contribution >= 4 is 62.1 Å². The average Bonchev–Trinajstić information content (AvgIpc) is 3.37. The van der Waals surface area contributed by atoms with E-state index in [0.717, 1.165) is 15.7 Å². The molecule has 0 radical (unpaired) electrons. The summed E-state index contributed by atoms with van der Waals surface area (Å²) in [5.41, 5.74) is 2.31. The summed E-state index contributed by atoms with van der Waals surface area (Å²) in [6.07, 6.45) is 1.28. The van der Waals surface area contributed by atoms with Gasteiger partial charge in [-0.1, -0.05) is 27.5 Å². The van der Waals surface area contributed by atoms with Gasteiger partial charge in [0.15, 0.2) is 11.5 Å². The van der Waals surface area contributed by atoms with E-state index in [0.29, 0.717) is 55.0 Å². The summed E-state index contributed by atoms with van der Waals surface area (Å²) in [5.74, 6) is -0.0139. The number of amides is 1. The molecule has 2 aliphatic heterocycles. The smallest absolute Gasteiger partial charge is 0.410 e. The fraction of sp³-hybridized carbons (Fsp3) is 0.346. The van der Waals surface area contributed by atoms with Crippen molar-refractivity contribution < 1.29 is 24.2 Å². The van der Waals surface area contributed by atoms with E-state index in [1.54, 1.807) is 11.0 Å². The van der Waals surface area contributed by atoms with Crippen molar-refractivity contribution in [1.82, 2.24) is 9.80 Å². The number of nitrogens with zero attached hydrogens (tertiary/aromatic N) is 4. The Kier molecular flexibility index (Phi) is 6.68. The van der Waals surface area contributed by atoms with Gasteiger partial charge in [-0.05, 0) is 45.0 Å². The molecular formula is C26H26BrClN4O5. The third-order valence-corrected chi connectivity index (χ3v) is 6.96. The van der Waals surface area contributed by atoms with E-state index in [1.807, 2.05) is 39.0 Å². The maximum Gasteiger partial charge on any atom is 0.410 e. The molecule has 11 heteroatoms. The van der Waals surface area contributed by atoms with Crippen LogP contribution >= 0.6 is 27.5 Å². The molecule has 1 amide bonds. The first-order valence-electron chi connectivity index (χ1n) is 11.8. The number of furan rings is 1. The summed E-state index contributed by atoms with van der Waals surface area (Å²) >= 11 is 9.79. The normalized spacial score (nSPS) is 17.1. The average molecular weight is 590 g/mol. The molecule has 2 aliphatic rings. The molecule has 5 rings (SSSR count). The number of hydrogen-bond acceptors (Lipinski definition) is 8. The number of fused-ring (bicyclic) bond motifs is 2. The quantitative estimate of drug-likeness (QED) is 0.343. The zero-order chi connectivity index (χ0) is 26.5. The van der Waals surface area contributed by atoms with Crippen LogP contribution in [-0.4, -0.2) is 57.9 Å². The Hall–Kier alpha value is -3.08. The van der Waals surface area contributed by atoms with Crippen LogP contribution in [0, 0.1) is 0 Å². The van der Waals surface area contributed by atoms with Crippen LogP contribution in [0.2, 0.25) is 5.02 Å². The lowest BCUT2D eigenvalue weighted by Gasteiger charge is -2.35. The maximum absolute atomic E-state index is 12.4. The largest absolute Gasteiger partial charge is 0.506 e. The molecule has 194 valence electrons. The van der Waals surface area contributed by atoms with Gasteiger partial charge >= 0.3 is 6.09 Å². The molecule has 3 heterocycles. The van der Waals surface area contributed by atoms with Gasteiger partial charge in [-0.2, -0.15) is 0 Å². The van der Waals surface area contributed by atoms with E-state index < -0.39 is 5.60 Å².